The minimum Gasteiger partial charge on any atom is -0.0654 e. The monoisotopic (exact) mass is 507 g/mol. The summed E-state index contributed by atoms with van der Waals surface area (Å²) in [7, 11) is 0. The lowest BCUT2D eigenvalue weighted by Crippen LogP contribution is -2.01. The van der Waals surface area contributed by atoms with Crippen molar-refractivity contribution in [3.8, 4) is 0 Å². The van der Waals surface area contributed by atoms with E-state index in [0.717, 1.165) is 5.92 Å². The van der Waals surface area contributed by atoms with E-state index in [0.29, 0.717) is 0 Å². The van der Waals surface area contributed by atoms with Crippen molar-refractivity contribution in [2.24, 2.45) is 5.92 Å². The Morgan fingerprint density at radius 2 is 0.389 bits per heavy atom. The first-order chi connectivity index (χ1) is 17.8. The summed E-state index contributed by atoms with van der Waals surface area (Å²) < 4.78 is 0. The van der Waals surface area contributed by atoms with Gasteiger partial charge in [-0.15, -0.1) is 0 Å². The molecule has 0 spiro atoms. The molecular formula is C36H74. The van der Waals surface area contributed by atoms with Gasteiger partial charge in [-0.3, -0.25) is 0 Å². The molecule has 0 fully saturated rings. The summed E-state index contributed by atoms with van der Waals surface area (Å²) in [6.07, 6.45) is 47.3. The van der Waals surface area contributed by atoms with Crippen LogP contribution in [0.3, 0.4) is 0 Å². The van der Waals surface area contributed by atoms with Gasteiger partial charge in [-0.2, -0.15) is 0 Å². The molecule has 0 heterocycles. The van der Waals surface area contributed by atoms with Crippen molar-refractivity contribution in [2.75, 3.05) is 0 Å². The largest absolute Gasteiger partial charge is 0.0654 e. The average molecular weight is 507 g/mol. The van der Waals surface area contributed by atoms with Gasteiger partial charge in [0.15, 0.2) is 0 Å². The standard InChI is InChI=1S/C36H74/c1-4-7-10-13-16-18-19-20-21-22-23-24-26-29-32-35-36(33-30-27-15-12-9-6-3)34-31-28-25-17-14-11-8-5-2/h36H,4-35H2,1-3H3. The van der Waals surface area contributed by atoms with Crippen LogP contribution in [0.4, 0.5) is 0 Å². The second kappa shape index (κ2) is 33.0. The topological polar surface area (TPSA) is 0 Å². The van der Waals surface area contributed by atoms with Gasteiger partial charge in [0.25, 0.3) is 0 Å². The number of hydrogen-bond acceptors (Lipinski definition) is 0. The molecule has 0 saturated carbocycles. The third-order valence-corrected chi connectivity index (χ3v) is 8.65. The Bertz CT molecular complexity index is 359. The van der Waals surface area contributed by atoms with Gasteiger partial charge in [0.05, 0.1) is 0 Å². The van der Waals surface area contributed by atoms with Gasteiger partial charge >= 0.3 is 0 Å². The molecule has 0 saturated heterocycles. The molecule has 0 aromatic carbocycles. The van der Waals surface area contributed by atoms with Crippen LogP contribution in [0.1, 0.15) is 226 Å². The summed E-state index contributed by atoms with van der Waals surface area (Å²) in [5.74, 6) is 1.04. The summed E-state index contributed by atoms with van der Waals surface area (Å²) in [6.45, 7) is 6.96. The highest BCUT2D eigenvalue weighted by Crippen LogP contribution is 2.25. The summed E-state index contributed by atoms with van der Waals surface area (Å²) in [5, 5.41) is 0. The van der Waals surface area contributed by atoms with Crippen LogP contribution in [-0.4, -0.2) is 0 Å². The van der Waals surface area contributed by atoms with Crippen molar-refractivity contribution >= 4 is 0 Å². The fourth-order valence-corrected chi connectivity index (χ4v) is 6.02. The zero-order chi connectivity index (χ0) is 26.2. The molecule has 1 atom stereocenters. The van der Waals surface area contributed by atoms with E-state index in [-0.39, 0.29) is 0 Å². The highest BCUT2D eigenvalue weighted by Gasteiger charge is 2.09. The molecule has 0 amide bonds. The fourth-order valence-electron chi connectivity index (χ4n) is 6.02. The van der Waals surface area contributed by atoms with Gasteiger partial charge < -0.3 is 0 Å². The minimum atomic E-state index is 1.04. The van der Waals surface area contributed by atoms with E-state index in [9.17, 15) is 0 Å². The SMILES string of the molecule is CCCCCCCCCCCCCCCCCC(CCCCCCCC)CCCCCCCCCC. The highest BCUT2D eigenvalue weighted by molar-refractivity contribution is 4.62. The first-order valence-electron chi connectivity index (χ1n) is 17.8. The Morgan fingerprint density at radius 3 is 0.583 bits per heavy atom. The summed E-state index contributed by atoms with van der Waals surface area (Å²) in [5.41, 5.74) is 0. The van der Waals surface area contributed by atoms with E-state index >= 15 is 0 Å². The fraction of sp³-hybridized carbons (Fsp3) is 1.00. The van der Waals surface area contributed by atoms with E-state index in [1.54, 1.807) is 0 Å². The Hall–Kier alpha value is 0. The van der Waals surface area contributed by atoms with Crippen molar-refractivity contribution < 1.29 is 0 Å². The lowest BCUT2D eigenvalue weighted by Gasteiger charge is -2.17. The van der Waals surface area contributed by atoms with Crippen molar-refractivity contribution in [3.05, 3.63) is 0 Å². The number of hydrogen-bond donors (Lipinski definition) is 0. The Balaban J connectivity index is 3.70. The molecular weight excluding hydrogens is 432 g/mol. The smallest absolute Gasteiger partial charge is 0.0414 e. The van der Waals surface area contributed by atoms with Crippen molar-refractivity contribution in [3.63, 3.8) is 0 Å². The molecule has 1 unspecified atom stereocenters. The first kappa shape index (κ1) is 36.0. The average Bonchev–Trinajstić information content (AvgIpc) is 2.89. The van der Waals surface area contributed by atoms with Crippen LogP contribution >= 0.6 is 0 Å². The second-order valence-corrected chi connectivity index (χ2v) is 12.4. The maximum absolute atomic E-state index is 2.33. The molecule has 0 aliphatic heterocycles. The van der Waals surface area contributed by atoms with E-state index in [1.165, 1.54) is 205 Å². The summed E-state index contributed by atoms with van der Waals surface area (Å²) in [4.78, 5) is 0. The van der Waals surface area contributed by atoms with E-state index in [1.807, 2.05) is 0 Å². The van der Waals surface area contributed by atoms with E-state index < -0.39 is 0 Å². The van der Waals surface area contributed by atoms with Crippen LogP contribution in [0.2, 0.25) is 0 Å². The second-order valence-electron chi connectivity index (χ2n) is 12.4. The van der Waals surface area contributed by atoms with Gasteiger partial charge in [-0.1, -0.05) is 226 Å². The molecule has 36 heavy (non-hydrogen) atoms. The molecule has 0 N–H and O–H groups in total. The van der Waals surface area contributed by atoms with Crippen molar-refractivity contribution in [1.82, 2.24) is 0 Å². The molecule has 0 aromatic heterocycles. The minimum absolute atomic E-state index is 1.04. The normalized spacial score (nSPS) is 12.4. The molecule has 0 rings (SSSR count). The van der Waals surface area contributed by atoms with Crippen LogP contribution in [0.5, 0.6) is 0 Å². The van der Waals surface area contributed by atoms with Crippen LogP contribution in [0, 0.1) is 5.92 Å². The van der Waals surface area contributed by atoms with Gasteiger partial charge in [0.1, 0.15) is 0 Å². The highest BCUT2D eigenvalue weighted by atomic mass is 14.1. The van der Waals surface area contributed by atoms with Crippen LogP contribution < -0.4 is 0 Å². The van der Waals surface area contributed by atoms with Gasteiger partial charge in [-0.05, 0) is 5.92 Å². The van der Waals surface area contributed by atoms with E-state index in [2.05, 4.69) is 20.8 Å². The molecule has 0 nitrogen and oxygen atoms in total. The lowest BCUT2D eigenvalue weighted by atomic mass is 9.89. The number of rotatable bonds is 32. The zero-order valence-corrected chi connectivity index (χ0v) is 26.2. The molecule has 0 aliphatic carbocycles. The molecule has 0 heteroatoms. The Kier molecular flexibility index (Phi) is 33.0. The first-order valence-corrected chi connectivity index (χ1v) is 17.8. The zero-order valence-electron chi connectivity index (χ0n) is 26.2. The Morgan fingerprint density at radius 1 is 0.222 bits per heavy atom. The van der Waals surface area contributed by atoms with Crippen LogP contribution in [-0.2, 0) is 0 Å². The van der Waals surface area contributed by atoms with Gasteiger partial charge in [-0.25, -0.2) is 0 Å². The lowest BCUT2D eigenvalue weighted by molar-refractivity contribution is 0.365. The van der Waals surface area contributed by atoms with Crippen LogP contribution in [0.25, 0.3) is 0 Å². The predicted molar refractivity (Wildman–Crippen MR) is 168 cm³/mol. The molecule has 0 bridgehead atoms. The Labute approximate surface area is 232 Å². The van der Waals surface area contributed by atoms with Gasteiger partial charge in [0.2, 0.25) is 0 Å². The molecule has 0 aromatic rings. The number of unbranched alkanes of at least 4 members (excludes halogenated alkanes) is 26. The molecule has 218 valence electrons. The summed E-state index contributed by atoms with van der Waals surface area (Å²) in [6, 6.07) is 0. The maximum Gasteiger partial charge on any atom is -0.0414 e. The van der Waals surface area contributed by atoms with E-state index in [4.69, 9.17) is 0 Å². The molecule has 0 aliphatic rings. The quantitative estimate of drug-likeness (QED) is 0.0795. The van der Waals surface area contributed by atoms with Gasteiger partial charge in [0, 0.05) is 0 Å². The molecule has 0 radical (unpaired) electrons. The third-order valence-electron chi connectivity index (χ3n) is 8.65. The van der Waals surface area contributed by atoms with Crippen molar-refractivity contribution in [2.45, 2.75) is 226 Å². The predicted octanol–water partition coefficient (Wildman–Crippen LogP) is 14.1. The summed E-state index contributed by atoms with van der Waals surface area (Å²) >= 11 is 0. The maximum atomic E-state index is 2.33. The van der Waals surface area contributed by atoms with Crippen molar-refractivity contribution in [1.29, 1.82) is 0 Å². The van der Waals surface area contributed by atoms with Crippen LogP contribution in [0.15, 0.2) is 0 Å². The third kappa shape index (κ3) is 30.2.